The maximum atomic E-state index is 13.6. The van der Waals surface area contributed by atoms with E-state index in [1.165, 1.54) is 24.3 Å². The Balaban J connectivity index is 1.71. The first-order valence-corrected chi connectivity index (χ1v) is 14.0. The molecule has 1 heterocycles. The molecule has 0 saturated carbocycles. The van der Waals surface area contributed by atoms with Crippen LogP contribution in [0.1, 0.15) is 64.9 Å². The fourth-order valence-corrected chi connectivity index (χ4v) is 6.72. The molecule has 0 saturated heterocycles. The van der Waals surface area contributed by atoms with Gasteiger partial charge in [0.25, 0.3) is 0 Å². The number of hydrogen-bond donors (Lipinski definition) is 0. The molecule has 0 N–H and O–H groups in total. The van der Waals surface area contributed by atoms with Crippen molar-refractivity contribution in [1.82, 2.24) is 0 Å². The molecule has 2 aromatic carbocycles. The molecule has 6 nitrogen and oxygen atoms in total. The van der Waals surface area contributed by atoms with Crippen LogP contribution in [0.3, 0.4) is 0 Å². The van der Waals surface area contributed by atoms with Gasteiger partial charge >= 0.3 is 10.1 Å². The minimum atomic E-state index is -4.19. The molecule has 0 spiro atoms. The fourth-order valence-electron chi connectivity index (χ4n) is 5.56. The lowest BCUT2D eigenvalue weighted by Crippen LogP contribution is -2.37. The highest BCUT2D eigenvalue weighted by atomic mass is 35.5. The number of Topliss-reactive ketones (excluding diaryl/α,β-unsaturated/α-hetero) is 2. The molecule has 3 aliphatic rings. The van der Waals surface area contributed by atoms with Crippen molar-refractivity contribution in [2.75, 3.05) is 0 Å². The van der Waals surface area contributed by atoms with E-state index >= 15 is 0 Å². The monoisotopic (exact) mass is 540 g/mol. The van der Waals surface area contributed by atoms with Crippen LogP contribution in [0.2, 0.25) is 5.02 Å². The fraction of sp³-hybridized carbons (Fsp3) is 0.379. The quantitative estimate of drug-likeness (QED) is 0.411. The Morgan fingerprint density at radius 2 is 1.38 bits per heavy atom. The van der Waals surface area contributed by atoms with Crippen molar-refractivity contribution in [3.05, 3.63) is 81.8 Å². The largest absolute Gasteiger partial charge is 0.465 e. The molecule has 0 unspecified atom stereocenters. The van der Waals surface area contributed by atoms with E-state index in [4.69, 9.17) is 20.5 Å². The highest BCUT2D eigenvalue weighted by Gasteiger charge is 2.48. The summed E-state index contributed by atoms with van der Waals surface area (Å²) in [6.45, 7) is 8.03. The molecule has 0 atom stereocenters. The van der Waals surface area contributed by atoms with Crippen molar-refractivity contribution in [2.24, 2.45) is 10.8 Å². The van der Waals surface area contributed by atoms with E-state index in [2.05, 4.69) is 0 Å². The van der Waals surface area contributed by atoms with Crippen LogP contribution in [-0.2, 0) is 24.4 Å². The van der Waals surface area contributed by atoms with Crippen molar-refractivity contribution in [2.45, 2.75) is 64.2 Å². The van der Waals surface area contributed by atoms with E-state index in [1.807, 2.05) is 27.7 Å². The van der Waals surface area contributed by atoms with Crippen LogP contribution in [0.15, 0.2) is 76.1 Å². The van der Waals surface area contributed by atoms with Crippen LogP contribution in [0, 0.1) is 10.8 Å². The van der Waals surface area contributed by atoms with Crippen LogP contribution < -0.4 is 4.18 Å². The number of carbonyl (C=O) groups is 2. The molecular weight excluding hydrogens is 512 g/mol. The highest BCUT2D eigenvalue weighted by Crippen LogP contribution is 2.54. The smallest absolute Gasteiger partial charge is 0.339 e. The van der Waals surface area contributed by atoms with Crippen molar-refractivity contribution >= 4 is 33.3 Å². The average molecular weight is 541 g/mol. The maximum absolute atomic E-state index is 13.6. The third kappa shape index (κ3) is 4.87. The zero-order chi connectivity index (χ0) is 26.8. The molecule has 0 radical (unpaired) electrons. The summed E-state index contributed by atoms with van der Waals surface area (Å²) in [5, 5.41) is 0.336. The van der Waals surface area contributed by atoms with Crippen molar-refractivity contribution in [3.8, 4) is 5.75 Å². The Morgan fingerprint density at radius 3 is 1.92 bits per heavy atom. The summed E-state index contributed by atoms with van der Waals surface area (Å²) in [4.78, 5) is 27.1. The summed E-state index contributed by atoms with van der Waals surface area (Å²) < 4.78 is 38.3. The molecule has 8 heteroatoms. The standard InChI is InChI=1S/C29H29ClO6S/c1-28(2)13-20(31)26-23(15-28)35-24-16-29(3,4)14-21(32)27(24)25(26)19-12-17(30)10-11-22(19)36-37(33,34)18-8-6-5-7-9-18/h5-12,25H,13-16H2,1-4H3. The van der Waals surface area contributed by atoms with Gasteiger partial charge in [0.05, 0.1) is 5.92 Å². The van der Waals surface area contributed by atoms with Crippen molar-refractivity contribution in [3.63, 3.8) is 0 Å². The number of ketones is 2. The van der Waals surface area contributed by atoms with Gasteiger partial charge in [-0.05, 0) is 41.2 Å². The molecule has 0 fully saturated rings. The van der Waals surface area contributed by atoms with Gasteiger partial charge in [-0.25, -0.2) is 0 Å². The Kier molecular flexibility index (Phi) is 6.15. The predicted octanol–water partition coefficient (Wildman–Crippen LogP) is 6.51. The predicted molar refractivity (Wildman–Crippen MR) is 140 cm³/mol. The zero-order valence-electron chi connectivity index (χ0n) is 21.3. The second kappa shape index (κ2) is 8.84. The first-order chi connectivity index (χ1) is 17.3. The van der Waals surface area contributed by atoms with E-state index in [0.29, 0.717) is 46.1 Å². The molecule has 0 bridgehead atoms. The molecule has 2 aromatic rings. The van der Waals surface area contributed by atoms with Crippen LogP contribution in [0.5, 0.6) is 5.75 Å². The average Bonchev–Trinajstić information content (AvgIpc) is 2.77. The molecular formula is C29H29ClO6S. The number of halogens is 1. The molecule has 0 aromatic heterocycles. The molecule has 5 rings (SSSR count). The lowest BCUT2D eigenvalue weighted by molar-refractivity contribution is -0.120. The lowest BCUT2D eigenvalue weighted by Gasteiger charge is -2.42. The van der Waals surface area contributed by atoms with E-state index < -0.39 is 16.0 Å². The third-order valence-corrected chi connectivity index (χ3v) is 8.58. The minimum Gasteiger partial charge on any atom is -0.465 e. The van der Waals surface area contributed by atoms with E-state index in [0.717, 1.165) is 0 Å². The molecule has 0 amide bonds. The third-order valence-electron chi connectivity index (χ3n) is 7.10. The van der Waals surface area contributed by atoms with Gasteiger partial charge in [0.1, 0.15) is 22.2 Å². The summed E-state index contributed by atoms with van der Waals surface area (Å²) in [5.41, 5.74) is 0.510. The van der Waals surface area contributed by atoms with Gasteiger partial charge in [-0.3, -0.25) is 9.59 Å². The van der Waals surface area contributed by atoms with E-state index in [1.54, 1.807) is 24.3 Å². The summed E-state index contributed by atoms with van der Waals surface area (Å²) in [6.07, 6.45) is 1.62. The number of carbonyl (C=O) groups excluding carboxylic acids is 2. The number of hydrogen-bond acceptors (Lipinski definition) is 6. The van der Waals surface area contributed by atoms with Crippen molar-refractivity contribution < 1.29 is 26.9 Å². The van der Waals surface area contributed by atoms with E-state index in [9.17, 15) is 18.0 Å². The van der Waals surface area contributed by atoms with Crippen LogP contribution in [0.25, 0.3) is 0 Å². The van der Waals surface area contributed by atoms with E-state index in [-0.39, 0.29) is 45.9 Å². The van der Waals surface area contributed by atoms with Gasteiger partial charge in [0.15, 0.2) is 11.6 Å². The van der Waals surface area contributed by atoms with Gasteiger partial charge in [0, 0.05) is 47.4 Å². The summed E-state index contributed by atoms with van der Waals surface area (Å²) >= 11 is 6.40. The second-order valence-corrected chi connectivity index (χ2v) is 13.6. The summed E-state index contributed by atoms with van der Waals surface area (Å²) in [5.74, 6) is 0.00831. The van der Waals surface area contributed by atoms with Gasteiger partial charge in [-0.2, -0.15) is 8.42 Å². The molecule has 194 valence electrons. The first kappa shape index (κ1) is 25.7. The Hall–Kier alpha value is -2.90. The van der Waals surface area contributed by atoms with Gasteiger partial charge in [0.2, 0.25) is 0 Å². The minimum absolute atomic E-state index is 0.00586. The molecule has 37 heavy (non-hydrogen) atoms. The van der Waals surface area contributed by atoms with Crippen molar-refractivity contribution in [1.29, 1.82) is 0 Å². The highest BCUT2D eigenvalue weighted by molar-refractivity contribution is 7.87. The Bertz CT molecular complexity index is 1430. The first-order valence-electron chi connectivity index (χ1n) is 12.3. The number of ether oxygens (including phenoxy) is 1. The van der Waals surface area contributed by atoms with Crippen LogP contribution >= 0.6 is 11.6 Å². The van der Waals surface area contributed by atoms with Gasteiger partial charge in [-0.15, -0.1) is 0 Å². The molecule has 2 aliphatic carbocycles. The second-order valence-electron chi connectivity index (χ2n) is 11.6. The topological polar surface area (TPSA) is 86.7 Å². The number of benzene rings is 2. The van der Waals surface area contributed by atoms with Gasteiger partial charge < -0.3 is 8.92 Å². The Labute approximate surface area is 222 Å². The summed E-state index contributed by atoms with van der Waals surface area (Å²) in [7, 11) is -4.19. The maximum Gasteiger partial charge on any atom is 0.339 e. The molecule has 1 aliphatic heterocycles. The number of rotatable bonds is 4. The number of allylic oxidation sites excluding steroid dienone is 4. The van der Waals surface area contributed by atoms with Crippen LogP contribution in [0.4, 0.5) is 0 Å². The normalized spacial score (nSPS) is 21.3. The van der Waals surface area contributed by atoms with Crippen LogP contribution in [-0.4, -0.2) is 20.0 Å². The lowest BCUT2D eigenvalue weighted by atomic mass is 9.65. The van der Waals surface area contributed by atoms with Gasteiger partial charge in [-0.1, -0.05) is 57.5 Å². The Morgan fingerprint density at radius 1 is 0.838 bits per heavy atom. The summed E-state index contributed by atoms with van der Waals surface area (Å²) in [6, 6.07) is 12.4. The SMILES string of the molecule is CC1(C)CC(=O)C2=C(C1)OC1=C(C(=O)CC(C)(C)C1)C2c1cc(Cl)ccc1OS(=O)(=O)c1ccccc1. The zero-order valence-corrected chi connectivity index (χ0v) is 22.8.